The number of hydrogen-bond donors (Lipinski definition) is 0. The zero-order chi connectivity index (χ0) is 26.2. The van der Waals surface area contributed by atoms with Gasteiger partial charge in [-0.1, -0.05) is 97.1 Å². The SMILES string of the molecule is C1=CCC2=C3C=C4C=CC=CC4N3C(c3ccccc3-c3nc4ccccc4c4cc5ccccc5n34)=NC2=C1. The number of rotatable bonds is 2. The van der Waals surface area contributed by atoms with E-state index in [2.05, 4.69) is 137 Å². The van der Waals surface area contributed by atoms with Crippen molar-refractivity contribution in [3.05, 3.63) is 156 Å². The van der Waals surface area contributed by atoms with Crippen molar-refractivity contribution in [2.24, 2.45) is 4.99 Å². The highest BCUT2D eigenvalue weighted by Crippen LogP contribution is 2.43. The molecule has 4 heterocycles. The van der Waals surface area contributed by atoms with E-state index in [9.17, 15) is 0 Å². The Morgan fingerprint density at radius 3 is 2.62 bits per heavy atom. The summed E-state index contributed by atoms with van der Waals surface area (Å²) in [7, 11) is 0. The molecule has 0 bridgehead atoms. The molecule has 5 aromatic rings. The minimum absolute atomic E-state index is 0.128. The Kier molecular flexibility index (Phi) is 4.41. The molecule has 0 spiro atoms. The van der Waals surface area contributed by atoms with Gasteiger partial charge in [0.2, 0.25) is 0 Å². The summed E-state index contributed by atoms with van der Waals surface area (Å²) in [5.74, 6) is 1.89. The van der Waals surface area contributed by atoms with Gasteiger partial charge in [0.05, 0.1) is 28.3 Å². The molecule has 4 aliphatic rings. The van der Waals surface area contributed by atoms with E-state index in [-0.39, 0.29) is 6.04 Å². The Hall–Kier alpha value is -5.22. The number of amidine groups is 1. The molecule has 0 N–H and O–H groups in total. The predicted molar refractivity (Wildman–Crippen MR) is 163 cm³/mol. The first-order valence-electron chi connectivity index (χ1n) is 13.8. The molecule has 4 nitrogen and oxygen atoms in total. The lowest BCUT2D eigenvalue weighted by Crippen LogP contribution is -2.39. The molecule has 4 heteroatoms. The molecule has 188 valence electrons. The fourth-order valence-corrected chi connectivity index (χ4v) is 6.61. The maximum Gasteiger partial charge on any atom is 0.146 e. The van der Waals surface area contributed by atoms with Crippen LogP contribution in [-0.4, -0.2) is 26.2 Å². The van der Waals surface area contributed by atoms with Crippen LogP contribution in [0.25, 0.3) is 38.7 Å². The fourth-order valence-electron chi connectivity index (χ4n) is 6.61. The number of benzene rings is 3. The van der Waals surface area contributed by atoms with Crippen LogP contribution in [0.4, 0.5) is 0 Å². The zero-order valence-corrected chi connectivity index (χ0v) is 21.7. The Labute approximate surface area is 231 Å². The van der Waals surface area contributed by atoms with Crippen LogP contribution in [-0.2, 0) is 0 Å². The topological polar surface area (TPSA) is 32.9 Å². The number of fused-ring (bicyclic) bond motifs is 9. The number of allylic oxidation sites excluding steroid dienone is 7. The Bertz CT molecular complexity index is 2140. The standard InChI is InChI=1S/C36H24N4/c1-9-19-31-23(11-1)21-33-27-15-5-7-17-29(27)37-35(39(31)33)25-13-3-4-14-26(25)36-38-30-18-8-6-16-28(30)34-22-24-12-2-10-20-32(24)40(34)36/h1-15,17-22,32H,16H2. The third kappa shape index (κ3) is 2.96. The summed E-state index contributed by atoms with van der Waals surface area (Å²) in [5, 5.41) is 2.35. The number of hydrogen-bond acceptors (Lipinski definition) is 3. The van der Waals surface area contributed by atoms with Gasteiger partial charge in [-0.05, 0) is 42.3 Å². The van der Waals surface area contributed by atoms with Crippen molar-refractivity contribution >= 4 is 33.2 Å². The minimum Gasteiger partial charge on any atom is -0.314 e. The molecular weight excluding hydrogens is 488 g/mol. The third-order valence-corrected chi connectivity index (χ3v) is 8.40. The van der Waals surface area contributed by atoms with Gasteiger partial charge >= 0.3 is 0 Å². The lowest BCUT2D eigenvalue weighted by Gasteiger charge is -2.35. The Morgan fingerprint density at radius 1 is 0.800 bits per heavy atom. The summed E-state index contributed by atoms with van der Waals surface area (Å²) in [6.07, 6.45) is 18.5. The molecule has 0 amide bonds. The van der Waals surface area contributed by atoms with E-state index >= 15 is 0 Å². The second kappa shape index (κ2) is 8.14. The number of nitrogens with zero attached hydrogens (tertiary/aromatic N) is 4. The second-order valence-corrected chi connectivity index (χ2v) is 10.6. The largest absolute Gasteiger partial charge is 0.314 e. The van der Waals surface area contributed by atoms with Gasteiger partial charge in [0.1, 0.15) is 11.7 Å². The number of para-hydroxylation sites is 2. The maximum absolute atomic E-state index is 5.35. The van der Waals surface area contributed by atoms with Crippen LogP contribution in [0.15, 0.2) is 155 Å². The van der Waals surface area contributed by atoms with E-state index in [1.807, 2.05) is 0 Å². The molecule has 0 fully saturated rings. The van der Waals surface area contributed by atoms with Gasteiger partial charge in [0, 0.05) is 33.2 Å². The van der Waals surface area contributed by atoms with Crippen LogP contribution in [0.5, 0.6) is 0 Å². The van der Waals surface area contributed by atoms with Crippen molar-refractivity contribution in [2.75, 3.05) is 0 Å². The molecule has 2 aromatic heterocycles. The minimum atomic E-state index is 0.128. The number of aliphatic imine (C=N–C) groups is 1. The van der Waals surface area contributed by atoms with Gasteiger partial charge < -0.3 is 4.90 Å². The summed E-state index contributed by atoms with van der Waals surface area (Å²) in [6.45, 7) is 0. The van der Waals surface area contributed by atoms with E-state index in [1.54, 1.807) is 0 Å². The average molecular weight is 513 g/mol. The van der Waals surface area contributed by atoms with E-state index in [0.717, 1.165) is 56.8 Å². The normalized spacial score (nSPS) is 19.1. The van der Waals surface area contributed by atoms with Crippen molar-refractivity contribution in [3.63, 3.8) is 0 Å². The van der Waals surface area contributed by atoms with E-state index in [1.165, 1.54) is 22.2 Å². The van der Waals surface area contributed by atoms with Gasteiger partial charge in [-0.15, -0.1) is 0 Å². The lowest BCUT2D eigenvalue weighted by molar-refractivity contribution is 0.510. The lowest BCUT2D eigenvalue weighted by atomic mass is 9.96. The maximum atomic E-state index is 5.35. The van der Waals surface area contributed by atoms with E-state index in [0.29, 0.717) is 0 Å². The number of aromatic nitrogens is 2. The first kappa shape index (κ1) is 21.7. The van der Waals surface area contributed by atoms with Gasteiger partial charge in [0.25, 0.3) is 0 Å². The zero-order valence-electron chi connectivity index (χ0n) is 21.7. The monoisotopic (exact) mass is 512 g/mol. The molecule has 1 atom stereocenters. The molecule has 3 aromatic carbocycles. The summed E-state index contributed by atoms with van der Waals surface area (Å²) < 4.78 is 2.32. The first-order chi connectivity index (χ1) is 19.8. The van der Waals surface area contributed by atoms with E-state index < -0.39 is 0 Å². The highest BCUT2D eigenvalue weighted by atomic mass is 15.3. The van der Waals surface area contributed by atoms with Crippen LogP contribution in [0.1, 0.15) is 12.0 Å². The summed E-state index contributed by atoms with van der Waals surface area (Å²) in [5.41, 5.74) is 10.3. The molecular formula is C36H24N4. The molecule has 1 unspecified atom stereocenters. The quantitative estimate of drug-likeness (QED) is 0.241. The first-order valence-corrected chi connectivity index (χ1v) is 13.8. The second-order valence-electron chi connectivity index (χ2n) is 10.6. The van der Waals surface area contributed by atoms with Crippen LogP contribution < -0.4 is 0 Å². The van der Waals surface area contributed by atoms with Crippen LogP contribution >= 0.6 is 0 Å². The van der Waals surface area contributed by atoms with Gasteiger partial charge in [0.15, 0.2) is 0 Å². The highest BCUT2D eigenvalue weighted by Gasteiger charge is 2.38. The van der Waals surface area contributed by atoms with Crippen molar-refractivity contribution < 1.29 is 0 Å². The highest BCUT2D eigenvalue weighted by molar-refractivity contribution is 6.09. The van der Waals surface area contributed by atoms with Crippen molar-refractivity contribution in [1.29, 1.82) is 0 Å². The average Bonchev–Trinajstić information content (AvgIpc) is 3.60. The van der Waals surface area contributed by atoms with Crippen molar-refractivity contribution in [2.45, 2.75) is 12.5 Å². The van der Waals surface area contributed by atoms with Gasteiger partial charge in [-0.3, -0.25) is 4.40 Å². The smallest absolute Gasteiger partial charge is 0.146 e. The molecule has 0 radical (unpaired) electrons. The summed E-state index contributed by atoms with van der Waals surface area (Å²) >= 11 is 0. The molecule has 9 rings (SSSR count). The van der Waals surface area contributed by atoms with Gasteiger partial charge in [-0.25, -0.2) is 9.98 Å². The van der Waals surface area contributed by atoms with Crippen molar-refractivity contribution in [3.8, 4) is 11.4 Å². The van der Waals surface area contributed by atoms with Gasteiger partial charge in [-0.2, -0.15) is 0 Å². The van der Waals surface area contributed by atoms with Crippen LogP contribution in [0.3, 0.4) is 0 Å². The molecule has 2 aliphatic heterocycles. The van der Waals surface area contributed by atoms with Crippen molar-refractivity contribution in [1.82, 2.24) is 14.3 Å². The molecule has 0 saturated carbocycles. The van der Waals surface area contributed by atoms with Crippen LogP contribution in [0, 0.1) is 0 Å². The molecule has 2 aliphatic carbocycles. The van der Waals surface area contributed by atoms with Crippen LogP contribution in [0.2, 0.25) is 0 Å². The Balaban J connectivity index is 1.34. The van der Waals surface area contributed by atoms with E-state index in [4.69, 9.17) is 9.98 Å². The molecule has 40 heavy (non-hydrogen) atoms. The summed E-state index contributed by atoms with van der Waals surface area (Å²) in [4.78, 5) is 13.1. The fraction of sp³-hybridized carbons (Fsp3) is 0.0556. The third-order valence-electron chi connectivity index (χ3n) is 8.40. The molecule has 0 saturated heterocycles. The summed E-state index contributed by atoms with van der Waals surface area (Å²) in [6, 6.07) is 28.0. The predicted octanol–water partition coefficient (Wildman–Crippen LogP) is 7.90. The Morgan fingerprint density at radius 2 is 1.65 bits per heavy atom.